The van der Waals surface area contributed by atoms with E-state index in [-0.39, 0.29) is 0 Å². The second kappa shape index (κ2) is 11.3. The number of halogens is 3. The highest BCUT2D eigenvalue weighted by Crippen LogP contribution is 2.35. The topological polar surface area (TPSA) is 87.4 Å². The molecule has 4 heterocycles. The highest BCUT2D eigenvalue weighted by atomic mass is 19.4. The number of hydrogen-bond acceptors (Lipinski definition) is 6. The van der Waals surface area contributed by atoms with Crippen LogP contribution in [0, 0.1) is 0 Å². The number of benzene rings is 1. The number of urea groups is 1. The minimum Gasteiger partial charge on any atom is -0.442 e. The fourth-order valence-electron chi connectivity index (χ4n) is 4.00. The standard InChI is InChI=1S/C25H21F3N6O2.C2H6/c1-33-11-4-12-34(24(35)32-22-8-3-7-19(30-22)21-14-29-15-36-21)23-20(33)10-9-18(31-23)16-5-2-6-17(13-16)25(26,27)28;1-2/h2-3,5-10,13-15H,4,11-12H2,1H3,(H,30,32,35);1-2H3. The quantitative estimate of drug-likeness (QED) is 0.320. The minimum atomic E-state index is -4.47. The van der Waals surface area contributed by atoms with Crippen LogP contribution in [0.4, 0.5) is 35.3 Å². The lowest BCUT2D eigenvalue weighted by molar-refractivity contribution is -0.137. The third kappa shape index (κ3) is 5.77. The lowest BCUT2D eigenvalue weighted by Gasteiger charge is -2.24. The van der Waals surface area contributed by atoms with Gasteiger partial charge in [0.25, 0.3) is 0 Å². The van der Waals surface area contributed by atoms with Crippen LogP contribution in [0.15, 0.2) is 71.6 Å². The lowest BCUT2D eigenvalue weighted by Crippen LogP contribution is -2.36. The van der Waals surface area contributed by atoms with Gasteiger partial charge in [0.2, 0.25) is 0 Å². The Morgan fingerprint density at radius 1 is 1.00 bits per heavy atom. The van der Waals surface area contributed by atoms with Crippen LogP contribution in [-0.2, 0) is 6.18 Å². The Kier molecular flexibility index (Phi) is 7.94. The maximum atomic E-state index is 13.4. The molecule has 5 rings (SSSR count). The number of oxazole rings is 1. The van der Waals surface area contributed by atoms with Crippen molar-refractivity contribution in [1.82, 2.24) is 15.0 Å². The van der Waals surface area contributed by atoms with Crippen molar-refractivity contribution in [2.75, 3.05) is 35.3 Å². The van der Waals surface area contributed by atoms with Crippen molar-refractivity contribution in [2.24, 2.45) is 0 Å². The van der Waals surface area contributed by atoms with Crippen LogP contribution in [0.5, 0.6) is 0 Å². The van der Waals surface area contributed by atoms with Gasteiger partial charge in [0.15, 0.2) is 18.0 Å². The van der Waals surface area contributed by atoms with E-state index in [0.29, 0.717) is 59.5 Å². The molecule has 0 saturated heterocycles. The molecule has 0 radical (unpaired) electrons. The molecule has 11 heteroatoms. The normalized spacial score (nSPS) is 13.2. The number of carbonyl (C=O) groups excluding carboxylic acids is 1. The van der Waals surface area contributed by atoms with Crippen LogP contribution in [0.25, 0.3) is 22.7 Å². The van der Waals surface area contributed by atoms with Gasteiger partial charge >= 0.3 is 12.2 Å². The molecule has 3 aromatic heterocycles. The van der Waals surface area contributed by atoms with E-state index >= 15 is 0 Å². The van der Waals surface area contributed by atoms with Crippen molar-refractivity contribution < 1.29 is 22.4 Å². The van der Waals surface area contributed by atoms with Crippen molar-refractivity contribution in [2.45, 2.75) is 26.4 Å². The number of nitrogens with one attached hydrogen (secondary N) is 1. The Balaban J connectivity index is 0.00000164. The van der Waals surface area contributed by atoms with Crippen LogP contribution >= 0.6 is 0 Å². The zero-order valence-electron chi connectivity index (χ0n) is 21.2. The van der Waals surface area contributed by atoms with Crippen LogP contribution < -0.4 is 15.1 Å². The van der Waals surface area contributed by atoms with Gasteiger partial charge in [-0.15, -0.1) is 0 Å². The SMILES string of the molecule is CC.CN1CCCN(C(=O)Nc2cccc(-c3cnco3)n2)c2nc(-c3cccc(C(F)(F)F)c3)ccc21. The Morgan fingerprint density at radius 2 is 1.79 bits per heavy atom. The molecular weight excluding hydrogens is 497 g/mol. The van der Waals surface area contributed by atoms with Crippen molar-refractivity contribution >= 4 is 23.4 Å². The maximum absolute atomic E-state index is 13.4. The van der Waals surface area contributed by atoms with Crippen molar-refractivity contribution in [3.05, 3.63) is 72.8 Å². The van der Waals surface area contributed by atoms with Gasteiger partial charge in [0.05, 0.1) is 23.1 Å². The van der Waals surface area contributed by atoms with Crippen LogP contribution in [0.1, 0.15) is 25.8 Å². The summed E-state index contributed by atoms with van der Waals surface area (Å²) in [7, 11) is 1.88. The smallest absolute Gasteiger partial charge is 0.416 e. The molecule has 198 valence electrons. The number of hydrogen-bond donors (Lipinski definition) is 1. The number of alkyl halides is 3. The largest absolute Gasteiger partial charge is 0.442 e. The monoisotopic (exact) mass is 524 g/mol. The van der Waals surface area contributed by atoms with Crippen molar-refractivity contribution in [3.8, 4) is 22.7 Å². The van der Waals surface area contributed by atoms with E-state index in [2.05, 4.69) is 20.3 Å². The highest BCUT2D eigenvalue weighted by Gasteiger charge is 2.31. The molecule has 1 aliphatic heterocycles. The number of fused-ring (bicyclic) bond motifs is 1. The molecule has 38 heavy (non-hydrogen) atoms. The average molecular weight is 525 g/mol. The summed E-state index contributed by atoms with van der Waals surface area (Å²) in [6.45, 7) is 5.05. The minimum absolute atomic E-state index is 0.307. The van der Waals surface area contributed by atoms with Crippen LogP contribution in [0.2, 0.25) is 0 Å². The first-order valence-electron chi connectivity index (χ1n) is 12.1. The first-order chi connectivity index (χ1) is 18.3. The predicted molar refractivity (Wildman–Crippen MR) is 140 cm³/mol. The molecule has 0 aliphatic carbocycles. The Hall–Kier alpha value is -4.41. The van der Waals surface area contributed by atoms with E-state index in [1.165, 1.54) is 23.6 Å². The second-order valence-electron chi connectivity index (χ2n) is 8.25. The Morgan fingerprint density at radius 3 is 2.53 bits per heavy atom. The molecule has 0 atom stereocenters. The lowest BCUT2D eigenvalue weighted by atomic mass is 10.1. The second-order valence-corrected chi connectivity index (χ2v) is 8.25. The average Bonchev–Trinajstić information content (AvgIpc) is 3.41. The van der Waals surface area contributed by atoms with E-state index in [0.717, 1.165) is 12.1 Å². The molecule has 1 aliphatic rings. The Labute approximate surface area is 218 Å². The van der Waals surface area contributed by atoms with Gasteiger partial charge in [-0.3, -0.25) is 10.2 Å². The van der Waals surface area contributed by atoms with Crippen molar-refractivity contribution in [1.29, 1.82) is 0 Å². The predicted octanol–water partition coefficient (Wildman–Crippen LogP) is 6.72. The third-order valence-corrected chi connectivity index (χ3v) is 5.80. The fraction of sp³-hybridized carbons (Fsp3) is 0.259. The van der Waals surface area contributed by atoms with E-state index in [4.69, 9.17) is 4.42 Å². The van der Waals surface area contributed by atoms with Gasteiger partial charge < -0.3 is 9.32 Å². The van der Waals surface area contributed by atoms with E-state index in [1.807, 2.05) is 25.8 Å². The summed E-state index contributed by atoms with van der Waals surface area (Å²) in [5.74, 6) is 1.12. The van der Waals surface area contributed by atoms with E-state index in [1.54, 1.807) is 36.4 Å². The summed E-state index contributed by atoms with van der Waals surface area (Å²) in [6, 6.07) is 13.1. The molecule has 8 nitrogen and oxygen atoms in total. The van der Waals surface area contributed by atoms with Crippen LogP contribution in [-0.4, -0.2) is 41.1 Å². The maximum Gasteiger partial charge on any atom is 0.416 e. The summed E-state index contributed by atoms with van der Waals surface area (Å²) < 4.78 is 45.0. The molecule has 2 amide bonds. The number of anilines is 3. The molecule has 0 spiro atoms. The van der Waals surface area contributed by atoms with Crippen LogP contribution in [0.3, 0.4) is 0 Å². The summed E-state index contributed by atoms with van der Waals surface area (Å²) in [6.07, 6.45) is -0.986. The number of pyridine rings is 2. The number of carbonyl (C=O) groups is 1. The molecule has 1 aromatic carbocycles. The first kappa shape index (κ1) is 26.6. The Bertz CT molecular complexity index is 1390. The van der Waals surface area contributed by atoms with Gasteiger partial charge in [0, 0.05) is 25.7 Å². The first-order valence-corrected chi connectivity index (χ1v) is 12.1. The zero-order valence-corrected chi connectivity index (χ0v) is 21.2. The molecule has 0 unspecified atom stereocenters. The third-order valence-electron chi connectivity index (χ3n) is 5.80. The highest BCUT2D eigenvalue weighted by molar-refractivity contribution is 6.03. The van der Waals surface area contributed by atoms with Gasteiger partial charge in [-0.05, 0) is 42.8 Å². The van der Waals surface area contributed by atoms with E-state index < -0.39 is 17.8 Å². The number of amides is 2. The molecule has 0 saturated carbocycles. The molecule has 0 fully saturated rings. The molecule has 4 aromatic rings. The van der Waals surface area contributed by atoms with Gasteiger partial charge in [-0.25, -0.2) is 19.7 Å². The fourth-order valence-corrected chi connectivity index (χ4v) is 4.00. The van der Waals surface area contributed by atoms with Crippen molar-refractivity contribution in [3.63, 3.8) is 0 Å². The van der Waals surface area contributed by atoms with Gasteiger partial charge in [-0.1, -0.05) is 32.0 Å². The summed E-state index contributed by atoms with van der Waals surface area (Å²) in [4.78, 5) is 29.7. The summed E-state index contributed by atoms with van der Waals surface area (Å²) >= 11 is 0. The number of rotatable bonds is 3. The summed E-state index contributed by atoms with van der Waals surface area (Å²) in [5, 5.41) is 2.79. The molecular formula is C27H27F3N6O2. The van der Waals surface area contributed by atoms with Gasteiger partial charge in [0.1, 0.15) is 11.5 Å². The van der Waals surface area contributed by atoms with Gasteiger partial charge in [-0.2, -0.15) is 13.2 Å². The number of nitrogens with zero attached hydrogens (tertiary/aromatic N) is 5. The number of aromatic nitrogens is 3. The zero-order chi connectivity index (χ0) is 27.3. The molecule has 0 bridgehead atoms. The molecule has 1 N–H and O–H groups in total. The summed E-state index contributed by atoms with van der Waals surface area (Å²) in [5.41, 5.74) is 1.08. The van der Waals surface area contributed by atoms with E-state index in [9.17, 15) is 18.0 Å².